The molecule has 3 aliphatic rings. The van der Waals surface area contributed by atoms with E-state index in [9.17, 15) is 4.79 Å². The van der Waals surface area contributed by atoms with Crippen molar-refractivity contribution in [2.45, 2.75) is 90.8 Å². The minimum absolute atomic E-state index is 0. The first-order valence-corrected chi connectivity index (χ1v) is 23.4. The molecule has 3 radical (unpaired) electrons. The van der Waals surface area contributed by atoms with Gasteiger partial charge in [0.15, 0.2) is 0 Å². The molecule has 0 aliphatic carbocycles. The van der Waals surface area contributed by atoms with Gasteiger partial charge in [0.2, 0.25) is 17.0 Å². The molecule has 7 aromatic rings. The Morgan fingerprint density at radius 3 is 1.25 bits per heavy atom. The zero-order valence-corrected chi connectivity index (χ0v) is 48.5. The number of rotatable bonds is 16. The van der Waals surface area contributed by atoms with E-state index in [1.54, 1.807) is 12.1 Å². The predicted molar refractivity (Wildman–Crippen MR) is 293 cm³/mol. The normalized spacial score (nSPS) is 13.2. The Kier molecular flexibility index (Phi) is 27.3. The summed E-state index contributed by atoms with van der Waals surface area (Å²) in [4.78, 5) is 10.3. The Hall–Kier alpha value is -6.32. The SMILES string of the molecule is Br.CC1(c2ccc(C=O)cc2)N=N1.CC1(c2ccc(CO)cc2)N=N1.CCc1ccccc1COc1ccc(N)cc1.CCc1ccccc1COc1ccc(NCc2ccc(C3(C)N=N3)cc2)cc1.[B].[Br-].[C-]#N.[Na+]. The molecule has 17 heteroatoms. The number of nitrogens with zero attached hydrogens (tertiary/aromatic N) is 7. The topological polar surface area (TPSA) is 192 Å². The first kappa shape index (κ1) is 64.8. The van der Waals surface area contributed by atoms with Crippen molar-refractivity contribution in [3.63, 3.8) is 0 Å². The van der Waals surface area contributed by atoms with Crippen molar-refractivity contribution in [2.24, 2.45) is 30.7 Å². The predicted octanol–water partition coefficient (Wildman–Crippen LogP) is 7.75. The van der Waals surface area contributed by atoms with Crippen molar-refractivity contribution in [1.82, 2.24) is 0 Å². The Morgan fingerprint density at radius 2 is 0.907 bits per heavy atom. The van der Waals surface area contributed by atoms with Crippen LogP contribution in [0.5, 0.6) is 11.5 Å². The van der Waals surface area contributed by atoms with Gasteiger partial charge in [0.25, 0.3) is 0 Å². The molecule has 3 aliphatic heterocycles. The van der Waals surface area contributed by atoms with Crippen LogP contribution in [-0.2, 0) is 56.2 Å². The molecule has 381 valence electrons. The average Bonchev–Trinajstić information content (AvgIpc) is 4.39. The smallest absolute Gasteiger partial charge is 1.00 e. The number of anilines is 2. The number of aldehydes is 1. The van der Waals surface area contributed by atoms with Crippen LogP contribution in [-0.4, -0.2) is 19.8 Å². The summed E-state index contributed by atoms with van der Waals surface area (Å²) in [6, 6.07) is 55.8. The fourth-order valence-electron chi connectivity index (χ4n) is 7.16. The summed E-state index contributed by atoms with van der Waals surface area (Å²) in [5.74, 6) is 1.73. The molecule has 4 N–H and O–H groups in total. The minimum Gasteiger partial charge on any atom is -1.00 e. The number of benzene rings is 7. The molecule has 0 saturated carbocycles. The number of hydrogen-bond donors (Lipinski definition) is 3. The summed E-state index contributed by atoms with van der Waals surface area (Å²) in [6.45, 7) is 17.1. The summed E-state index contributed by atoms with van der Waals surface area (Å²) in [5.41, 5.74) is 17.8. The van der Waals surface area contributed by atoms with Crippen molar-refractivity contribution < 1.29 is 65.9 Å². The second-order valence-corrected chi connectivity index (χ2v) is 17.2. The average molecular weight is 1140 g/mol. The van der Waals surface area contributed by atoms with Crippen molar-refractivity contribution in [1.29, 1.82) is 5.26 Å². The van der Waals surface area contributed by atoms with E-state index in [-0.39, 0.29) is 95.5 Å². The molecule has 0 fully saturated rings. The minimum atomic E-state index is -0.332. The van der Waals surface area contributed by atoms with Crippen LogP contribution < -0.4 is 67.1 Å². The van der Waals surface area contributed by atoms with E-state index in [0.717, 1.165) is 70.8 Å². The molecule has 13 nitrogen and oxygen atoms in total. The van der Waals surface area contributed by atoms with Crippen molar-refractivity contribution in [3.8, 4) is 11.5 Å². The zero-order chi connectivity index (χ0) is 50.7. The monoisotopic (exact) mass is 1140 g/mol. The van der Waals surface area contributed by atoms with Gasteiger partial charge in [-0.2, -0.15) is 30.7 Å². The summed E-state index contributed by atoms with van der Waals surface area (Å²) in [6.07, 6.45) is 2.88. The summed E-state index contributed by atoms with van der Waals surface area (Å²) in [5, 5.41) is 42.3. The molecule has 7 aromatic carbocycles. The number of carbonyl (C=O) groups is 1. The number of halogens is 2. The van der Waals surface area contributed by atoms with E-state index < -0.39 is 0 Å². The second kappa shape index (κ2) is 31.5. The Morgan fingerprint density at radius 1 is 0.560 bits per heavy atom. The van der Waals surface area contributed by atoms with Gasteiger partial charge in [-0.3, -0.25) is 4.79 Å². The molecule has 0 aromatic heterocycles. The number of nitrogens with two attached hydrogens (primary N) is 1. The maximum absolute atomic E-state index is 10.3. The van der Waals surface area contributed by atoms with Crippen LogP contribution in [0.2, 0.25) is 0 Å². The fraction of sp³-hybridized carbons (Fsp3) is 0.241. The quantitative estimate of drug-likeness (QED) is 0.0381. The van der Waals surface area contributed by atoms with Crippen LogP contribution in [0.4, 0.5) is 11.4 Å². The molecule has 3 heterocycles. The van der Waals surface area contributed by atoms with Gasteiger partial charge in [-0.1, -0.05) is 135 Å². The number of aryl methyl sites for hydroxylation is 2. The number of aliphatic hydroxyl groups excluding tert-OH is 1. The van der Waals surface area contributed by atoms with Gasteiger partial charge in [-0.15, -0.1) is 17.0 Å². The molecule has 0 unspecified atom stereocenters. The largest absolute Gasteiger partial charge is 1.00 e. The van der Waals surface area contributed by atoms with Gasteiger partial charge in [0.1, 0.15) is 31.0 Å². The third-order valence-electron chi connectivity index (χ3n) is 12.0. The maximum Gasteiger partial charge on any atom is 1.00 e. The number of nitrogens with one attached hydrogen (secondary N) is 1. The second-order valence-electron chi connectivity index (χ2n) is 17.2. The Bertz CT molecular complexity index is 2910. The molecule has 75 heavy (non-hydrogen) atoms. The summed E-state index contributed by atoms with van der Waals surface area (Å²) < 4.78 is 11.7. The molecule has 10 rings (SSSR count). The molecular weight excluding hydrogens is 1080 g/mol. The molecule has 0 bridgehead atoms. The van der Waals surface area contributed by atoms with Crippen molar-refractivity contribution >= 4 is 43.1 Å². The molecule has 0 amide bonds. The van der Waals surface area contributed by atoms with Gasteiger partial charge in [0, 0.05) is 48.6 Å². The van der Waals surface area contributed by atoms with Crippen LogP contribution in [0.15, 0.2) is 201 Å². The van der Waals surface area contributed by atoms with Crippen LogP contribution in [0, 0.1) is 11.8 Å². The fourth-order valence-corrected chi connectivity index (χ4v) is 7.16. The van der Waals surface area contributed by atoms with Crippen LogP contribution in [0.3, 0.4) is 0 Å². The summed E-state index contributed by atoms with van der Waals surface area (Å²) >= 11 is 0. The molecule has 0 saturated heterocycles. The van der Waals surface area contributed by atoms with Crippen LogP contribution >= 0.6 is 17.0 Å². The molecular formula is C58H61BBr2N9NaO4-. The van der Waals surface area contributed by atoms with Crippen LogP contribution in [0.1, 0.15) is 95.0 Å². The number of nitrogen functional groups attached to an aromatic ring is 1. The van der Waals surface area contributed by atoms with Gasteiger partial charge >= 0.3 is 29.6 Å². The summed E-state index contributed by atoms with van der Waals surface area (Å²) in [7, 11) is 0. The van der Waals surface area contributed by atoms with E-state index in [4.69, 9.17) is 32.1 Å². The zero-order valence-electron chi connectivity index (χ0n) is 43.2. The van der Waals surface area contributed by atoms with Gasteiger partial charge < -0.3 is 54.4 Å². The first-order valence-electron chi connectivity index (χ1n) is 23.4. The third-order valence-corrected chi connectivity index (χ3v) is 12.0. The van der Waals surface area contributed by atoms with Crippen LogP contribution in [0.25, 0.3) is 0 Å². The standard InChI is InChI=1S/C24H25N3O.C15H17NO.C9H10N2O.C9H8N2O.CN.B.2BrH.Na/c1-3-19-6-4-5-7-20(19)17-28-23-14-12-22(13-15-23)25-16-18-8-10-21(11-9-18)24(2)26-27-24;1-2-12-5-3-4-6-13(12)11-17-15-9-7-14(16)8-10-15;2*1-9(10-11-9)8-4-2-7(6-12)3-5-8;1-2;;;;/h4-15,25H,3,16-17H2,1-2H3;3-10H,2,11,16H2,1H3;2-5,12H,6H2,1H3;2-6H,1H3;;;2*1H;/q;;;;-1;;;;+1/p-1. The molecule has 0 atom stereocenters. The number of aliphatic hydroxyl groups is 1. The van der Waals surface area contributed by atoms with Gasteiger partial charge in [-0.05, 0) is 116 Å². The van der Waals surface area contributed by atoms with E-state index in [1.165, 1.54) is 27.8 Å². The van der Waals surface area contributed by atoms with E-state index in [1.807, 2.05) is 99.6 Å². The Labute approximate surface area is 486 Å². The van der Waals surface area contributed by atoms with Gasteiger partial charge in [-0.25, -0.2) is 0 Å². The van der Waals surface area contributed by atoms with Crippen molar-refractivity contribution in [2.75, 3.05) is 11.1 Å². The van der Waals surface area contributed by atoms with E-state index in [0.29, 0.717) is 18.8 Å². The Balaban J connectivity index is 0.000000354. The van der Waals surface area contributed by atoms with Gasteiger partial charge in [0.05, 0.1) is 6.61 Å². The van der Waals surface area contributed by atoms with E-state index in [2.05, 4.69) is 129 Å². The van der Waals surface area contributed by atoms with Crippen molar-refractivity contribution in [3.05, 3.63) is 232 Å². The first-order chi connectivity index (χ1) is 34.4. The molecule has 0 spiro atoms. The number of carbonyl (C=O) groups excluding carboxylic acids is 1. The number of hydrogen-bond acceptors (Lipinski definition) is 13. The third kappa shape index (κ3) is 19.7. The number of ether oxygens (including phenoxy) is 2. The maximum atomic E-state index is 10.3. The van der Waals surface area contributed by atoms with E-state index >= 15 is 0 Å².